The van der Waals surface area contributed by atoms with E-state index in [1.54, 1.807) is 0 Å². The maximum atomic E-state index is 12.0. The number of methoxy groups -OCH3 is 1. The van der Waals surface area contributed by atoms with E-state index in [4.69, 9.17) is 4.74 Å². The number of esters is 1. The van der Waals surface area contributed by atoms with Crippen molar-refractivity contribution in [2.45, 2.75) is 45.2 Å². The molecule has 1 aliphatic rings. The van der Waals surface area contributed by atoms with Crippen LogP contribution in [0.1, 0.15) is 33.1 Å². The number of carbonyl (C=O) groups is 2. The lowest BCUT2D eigenvalue weighted by atomic mass is 10.0. The largest absolute Gasteiger partial charge is 0.467 e. The van der Waals surface area contributed by atoms with E-state index in [0.717, 1.165) is 19.4 Å². The van der Waals surface area contributed by atoms with Crippen LogP contribution >= 0.6 is 0 Å². The molecule has 2 atom stereocenters. The molecule has 20 heavy (non-hydrogen) atoms. The Hall–Kier alpha value is -1.14. The number of likely N-dealkylation sites (tertiary alicyclic amines) is 1. The molecular formula is C14H26N2O4. The molecule has 1 amide bonds. The van der Waals surface area contributed by atoms with Gasteiger partial charge in [0.25, 0.3) is 0 Å². The number of nitrogens with one attached hydrogen (secondary N) is 1. The molecule has 0 radical (unpaired) electrons. The van der Waals surface area contributed by atoms with Gasteiger partial charge in [-0.25, -0.2) is 4.79 Å². The lowest BCUT2D eigenvalue weighted by Crippen LogP contribution is -2.47. The first-order chi connectivity index (χ1) is 9.47. The van der Waals surface area contributed by atoms with E-state index in [1.807, 2.05) is 18.7 Å². The van der Waals surface area contributed by atoms with Crippen molar-refractivity contribution >= 4 is 11.9 Å². The number of hydrogen-bond donors (Lipinski definition) is 2. The number of rotatable bonds is 7. The van der Waals surface area contributed by atoms with Crippen LogP contribution in [0.4, 0.5) is 0 Å². The van der Waals surface area contributed by atoms with Crippen LogP contribution in [0.25, 0.3) is 0 Å². The Kier molecular flexibility index (Phi) is 6.95. The van der Waals surface area contributed by atoms with Crippen molar-refractivity contribution in [1.29, 1.82) is 0 Å². The molecule has 116 valence electrons. The van der Waals surface area contributed by atoms with Crippen LogP contribution in [-0.2, 0) is 14.3 Å². The van der Waals surface area contributed by atoms with Crippen LogP contribution in [0.15, 0.2) is 0 Å². The Balaban J connectivity index is 2.50. The van der Waals surface area contributed by atoms with Gasteiger partial charge in [-0.05, 0) is 31.7 Å². The Morgan fingerprint density at radius 3 is 2.70 bits per heavy atom. The molecule has 1 unspecified atom stereocenters. The first-order valence-electron chi connectivity index (χ1n) is 7.20. The molecule has 0 aromatic rings. The lowest BCUT2D eigenvalue weighted by molar-refractivity contribution is -0.145. The molecule has 1 heterocycles. The molecule has 0 aromatic carbocycles. The summed E-state index contributed by atoms with van der Waals surface area (Å²) in [5.74, 6) is -0.315. The fraction of sp³-hybridized carbons (Fsp3) is 0.857. The van der Waals surface area contributed by atoms with Crippen LogP contribution in [0.3, 0.4) is 0 Å². The average Bonchev–Trinajstić information content (AvgIpc) is 2.83. The van der Waals surface area contributed by atoms with Gasteiger partial charge in [-0.3, -0.25) is 9.69 Å². The van der Waals surface area contributed by atoms with Crippen LogP contribution in [0.5, 0.6) is 0 Å². The van der Waals surface area contributed by atoms with Crippen molar-refractivity contribution < 1.29 is 19.4 Å². The summed E-state index contributed by atoms with van der Waals surface area (Å²) in [4.78, 5) is 25.6. The van der Waals surface area contributed by atoms with Gasteiger partial charge in [-0.15, -0.1) is 0 Å². The number of aliphatic hydroxyl groups excluding tert-OH is 1. The molecule has 0 aliphatic carbocycles. The smallest absolute Gasteiger partial charge is 0.328 e. The van der Waals surface area contributed by atoms with Crippen LogP contribution in [0, 0.1) is 5.92 Å². The van der Waals surface area contributed by atoms with Crippen molar-refractivity contribution in [3.63, 3.8) is 0 Å². The van der Waals surface area contributed by atoms with Gasteiger partial charge in [0, 0.05) is 6.04 Å². The van der Waals surface area contributed by atoms with E-state index >= 15 is 0 Å². The van der Waals surface area contributed by atoms with Crippen molar-refractivity contribution in [3.8, 4) is 0 Å². The minimum Gasteiger partial charge on any atom is -0.467 e. The standard InChI is InChI=1S/C14H26N2O4/c1-10(2)7-12(14(19)20-3)15-13(18)8-16-6-4-5-11(16)9-17/h10-12,17H,4-9H2,1-3H3,(H,15,18)/t11-,12?/m0/s1. The monoisotopic (exact) mass is 286 g/mol. The van der Waals surface area contributed by atoms with Crippen molar-refractivity contribution in [2.24, 2.45) is 5.92 Å². The van der Waals surface area contributed by atoms with Gasteiger partial charge in [0.2, 0.25) is 5.91 Å². The number of hydrogen-bond acceptors (Lipinski definition) is 5. The third-order valence-corrected chi connectivity index (χ3v) is 3.58. The molecule has 1 fully saturated rings. The Morgan fingerprint density at radius 2 is 2.15 bits per heavy atom. The maximum absolute atomic E-state index is 12.0. The fourth-order valence-corrected chi connectivity index (χ4v) is 2.56. The van der Waals surface area contributed by atoms with Crippen LogP contribution < -0.4 is 5.32 Å². The normalized spacial score (nSPS) is 20.9. The fourth-order valence-electron chi connectivity index (χ4n) is 2.56. The molecule has 0 bridgehead atoms. The third-order valence-electron chi connectivity index (χ3n) is 3.58. The summed E-state index contributed by atoms with van der Waals surface area (Å²) >= 11 is 0. The summed E-state index contributed by atoms with van der Waals surface area (Å²) in [6.45, 7) is 5.08. The highest BCUT2D eigenvalue weighted by Gasteiger charge is 2.28. The average molecular weight is 286 g/mol. The van der Waals surface area contributed by atoms with Gasteiger partial charge in [-0.2, -0.15) is 0 Å². The van der Waals surface area contributed by atoms with Crippen molar-refractivity contribution in [3.05, 3.63) is 0 Å². The molecule has 2 N–H and O–H groups in total. The molecule has 6 nitrogen and oxygen atoms in total. The highest BCUT2D eigenvalue weighted by Crippen LogP contribution is 2.16. The van der Waals surface area contributed by atoms with E-state index < -0.39 is 12.0 Å². The molecule has 0 spiro atoms. The summed E-state index contributed by atoms with van der Waals surface area (Å²) in [5.41, 5.74) is 0. The highest BCUT2D eigenvalue weighted by atomic mass is 16.5. The zero-order valence-corrected chi connectivity index (χ0v) is 12.6. The van der Waals surface area contributed by atoms with Crippen LogP contribution in [-0.4, -0.2) is 60.8 Å². The van der Waals surface area contributed by atoms with E-state index in [0.29, 0.717) is 6.42 Å². The minimum atomic E-state index is -0.595. The molecule has 6 heteroatoms. The van der Waals surface area contributed by atoms with E-state index in [9.17, 15) is 14.7 Å². The van der Waals surface area contributed by atoms with Crippen LogP contribution in [0.2, 0.25) is 0 Å². The van der Waals surface area contributed by atoms with Gasteiger partial charge >= 0.3 is 5.97 Å². The first-order valence-corrected chi connectivity index (χ1v) is 7.20. The van der Waals surface area contributed by atoms with E-state index in [2.05, 4.69) is 5.32 Å². The zero-order valence-electron chi connectivity index (χ0n) is 12.6. The number of aliphatic hydroxyl groups is 1. The molecular weight excluding hydrogens is 260 g/mol. The topological polar surface area (TPSA) is 78.9 Å². The van der Waals surface area contributed by atoms with E-state index in [1.165, 1.54) is 7.11 Å². The molecule has 1 aliphatic heterocycles. The minimum absolute atomic E-state index is 0.0578. The van der Waals surface area contributed by atoms with Crippen molar-refractivity contribution in [2.75, 3.05) is 26.8 Å². The lowest BCUT2D eigenvalue weighted by Gasteiger charge is -2.24. The molecule has 1 rings (SSSR count). The zero-order chi connectivity index (χ0) is 15.1. The van der Waals surface area contributed by atoms with Gasteiger partial charge in [0.05, 0.1) is 20.3 Å². The summed E-state index contributed by atoms with van der Waals surface area (Å²) in [6.07, 6.45) is 2.46. The number of amides is 1. The number of nitrogens with zero attached hydrogens (tertiary/aromatic N) is 1. The van der Waals surface area contributed by atoms with Gasteiger partial charge in [0.1, 0.15) is 6.04 Å². The number of carbonyl (C=O) groups excluding carboxylic acids is 2. The quantitative estimate of drug-likeness (QED) is 0.651. The Morgan fingerprint density at radius 1 is 1.45 bits per heavy atom. The highest BCUT2D eigenvalue weighted by molar-refractivity contribution is 5.85. The first kappa shape index (κ1) is 16.9. The summed E-state index contributed by atoms with van der Waals surface area (Å²) in [6, 6.07) is -0.537. The summed E-state index contributed by atoms with van der Waals surface area (Å²) in [5, 5.41) is 12.0. The van der Waals surface area contributed by atoms with Gasteiger partial charge in [-0.1, -0.05) is 13.8 Å². The Labute approximate surface area is 120 Å². The predicted molar refractivity (Wildman–Crippen MR) is 75.1 cm³/mol. The van der Waals surface area contributed by atoms with Gasteiger partial charge < -0.3 is 15.2 Å². The molecule has 0 saturated carbocycles. The van der Waals surface area contributed by atoms with Gasteiger partial charge in [0.15, 0.2) is 0 Å². The molecule has 0 aromatic heterocycles. The third kappa shape index (κ3) is 5.09. The summed E-state index contributed by atoms with van der Waals surface area (Å²) < 4.78 is 4.72. The van der Waals surface area contributed by atoms with E-state index in [-0.39, 0.29) is 31.0 Å². The number of ether oxygens (including phenoxy) is 1. The maximum Gasteiger partial charge on any atom is 0.328 e. The predicted octanol–water partition coefficient (Wildman–Crippen LogP) is 0.147. The summed E-state index contributed by atoms with van der Waals surface area (Å²) in [7, 11) is 1.32. The second-order valence-corrected chi connectivity index (χ2v) is 5.72. The van der Waals surface area contributed by atoms with Crippen molar-refractivity contribution in [1.82, 2.24) is 10.2 Å². The second-order valence-electron chi connectivity index (χ2n) is 5.72. The Bertz CT molecular complexity index is 333. The SMILES string of the molecule is COC(=O)C(CC(C)C)NC(=O)CN1CCC[C@H]1CO. The molecule has 1 saturated heterocycles. The second kappa shape index (κ2) is 8.21.